The Balaban J connectivity index is 0.883. The summed E-state index contributed by atoms with van der Waals surface area (Å²) in [4.78, 5) is 62.8. The number of nitrogens with one attached hydrogen (secondary N) is 2. The van der Waals surface area contributed by atoms with Crippen LogP contribution < -0.4 is 10.6 Å². The first-order valence-electron chi connectivity index (χ1n) is 22.4. The third kappa shape index (κ3) is 13.4. The smallest absolute Gasteiger partial charge is 0.410 e. The van der Waals surface area contributed by atoms with Crippen molar-refractivity contribution in [2.75, 3.05) is 59.8 Å². The molecule has 4 amide bonds. The molecule has 15 heteroatoms. The summed E-state index contributed by atoms with van der Waals surface area (Å²) in [6.07, 6.45) is -0.852. The Labute approximate surface area is 387 Å². The molecule has 0 unspecified atom stereocenters. The minimum Gasteiger partial charge on any atom is -0.436 e. The van der Waals surface area contributed by atoms with Crippen LogP contribution in [0.4, 0.5) is 4.79 Å². The number of likely N-dealkylation sites (N-methyl/N-ethyl adjacent to an activating group) is 1. The first-order chi connectivity index (χ1) is 31.0. The van der Waals surface area contributed by atoms with E-state index in [0.717, 1.165) is 44.0 Å². The Hall–Kier alpha value is -5.19. The highest BCUT2D eigenvalue weighted by molar-refractivity contribution is 7.13. The van der Waals surface area contributed by atoms with Gasteiger partial charge < -0.3 is 44.1 Å². The molecular weight excluding hydrogens is 847 g/mol. The summed E-state index contributed by atoms with van der Waals surface area (Å²) in [7, 11) is 1.69. The molecule has 350 valence electrons. The highest BCUT2D eigenvalue weighted by Crippen LogP contribution is 2.45. The van der Waals surface area contributed by atoms with Crippen molar-refractivity contribution < 1.29 is 42.9 Å². The summed E-state index contributed by atoms with van der Waals surface area (Å²) < 4.78 is 29.2. The second-order valence-electron chi connectivity index (χ2n) is 18.6. The molecule has 1 aliphatic carbocycles. The fourth-order valence-corrected chi connectivity index (χ4v) is 8.82. The molecule has 3 aromatic carbocycles. The van der Waals surface area contributed by atoms with E-state index in [0.29, 0.717) is 45.9 Å². The number of thiazole rings is 1. The average molecular weight is 912 g/mol. The molecule has 3 atom stereocenters. The SMILES string of the molecule is Cc1ncsc1-c1ccc(CNC(=O)[C@@H]2C[C@@H](OC(C)(C)C)CN2C(=O)[C@@H](NC(=O)CCOCCOCCOCCN(C)C(=O)OC2c3ccccc3-c3ccccc32)C(C)(C)C)cc1. The number of carbonyl (C=O) groups is 4. The minimum atomic E-state index is -0.891. The molecule has 6 rings (SSSR count). The van der Waals surface area contributed by atoms with Crippen LogP contribution in [-0.4, -0.2) is 122 Å². The third-order valence-electron chi connectivity index (χ3n) is 11.3. The predicted molar refractivity (Wildman–Crippen MR) is 250 cm³/mol. The molecule has 1 aliphatic heterocycles. The Morgan fingerprint density at radius 1 is 0.831 bits per heavy atom. The number of fused-ring (bicyclic) bond motifs is 3. The second kappa shape index (κ2) is 22.3. The first-order valence-corrected chi connectivity index (χ1v) is 23.3. The van der Waals surface area contributed by atoms with Gasteiger partial charge in [0.1, 0.15) is 12.1 Å². The molecular formula is C50H65N5O9S. The molecule has 65 heavy (non-hydrogen) atoms. The van der Waals surface area contributed by atoms with Crippen molar-refractivity contribution in [3.05, 3.63) is 101 Å². The van der Waals surface area contributed by atoms with Crippen molar-refractivity contribution in [1.29, 1.82) is 0 Å². The summed E-state index contributed by atoms with van der Waals surface area (Å²) in [5, 5.41) is 5.98. The number of rotatable bonds is 20. The largest absolute Gasteiger partial charge is 0.436 e. The number of benzene rings is 3. The standard InChI is InChI=1S/C50H65N5O9S/c1-33-44(65-32-52-33)35-19-17-34(18-20-35)30-51-46(57)41-29-36(64-50(5,6)7)31-55(41)47(58)45(49(2,3)4)53-42(56)21-23-60-25-27-62-28-26-61-24-22-54(8)48(59)63-43-39-15-11-9-13-37(39)38-14-10-12-16-40(38)43/h9-20,32,36,41,43,45H,21-31H2,1-8H3,(H,51,57)(H,53,56)/t36-,41+,45-/m1/s1. The third-order valence-corrected chi connectivity index (χ3v) is 12.3. The van der Waals surface area contributed by atoms with E-state index in [2.05, 4.69) is 15.6 Å². The molecule has 4 aromatic rings. The van der Waals surface area contributed by atoms with Crippen LogP contribution in [0, 0.1) is 12.3 Å². The number of carbonyl (C=O) groups excluding carboxylic acids is 4. The van der Waals surface area contributed by atoms with Crippen molar-refractivity contribution in [1.82, 2.24) is 25.4 Å². The maximum Gasteiger partial charge on any atom is 0.410 e. The molecule has 2 N–H and O–H groups in total. The van der Waals surface area contributed by atoms with Gasteiger partial charge in [-0.2, -0.15) is 0 Å². The zero-order valence-electron chi connectivity index (χ0n) is 39.0. The van der Waals surface area contributed by atoms with Crippen LogP contribution in [0.1, 0.15) is 82.9 Å². The van der Waals surface area contributed by atoms with Gasteiger partial charge in [0.25, 0.3) is 0 Å². The monoisotopic (exact) mass is 911 g/mol. The maximum atomic E-state index is 14.3. The molecule has 0 spiro atoms. The fraction of sp³-hybridized carbons (Fsp3) is 0.500. The Kier molecular flexibility index (Phi) is 16.9. The molecule has 2 heterocycles. The molecule has 0 radical (unpaired) electrons. The van der Waals surface area contributed by atoms with Gasteiger partial charge >= 0.3 is 6.09 Å². The lowest BCUT2D eigenvalue weighted by molar-refractivity contribution is -0.144. The highest BCUT2D eigenvalue weighted by atomic mass is 32.1. The number of aryl methyl sites for hydroxylation is 1. The lowest BCUT2D eigenvalue weighted by Gasteiger charge is -2.35. The summed E-state index contributed by atoms with van der Waals surface area (Å²) in [6.45, 7) is 16.1. The average Bonchev–Trinajstić information content (AvgIpc) is 3.98. The topological polar surface area (TPSA) is 158 Å². The highest BCUT2D eigenvalue weighted by Gasteiger charge is 2.46. The molecule has 0 saturated carbocycles. The molecule has 0 bridgehead atoms. The Morgan fingerprint density at radius 2 is 1.43 bits per heavy atom. The van der Waals surface area contributed by atoms with Crippen LogP contribution >= 0.6 is 11.3 Å². The van der Waals surface area contributed by atoms with E-state index >= 15 is 0 Å². The molecule has 1 aromatic heterocycles. The van der Waals surface area contributed by atoms with Gasteiger partial charge in [-0.15, -0.1) is 11.3 Å². The zero-order valence-corrected chi connectivity index (χ0v) is 39.8. The van der Waals surface area contributed by atoms with Crippen molar-refractivity contribution in [2.24, 2.45) is 5.41 Å². The van der Waals surface area contributed by atoms with Gasteiger partial charge in [-0.3, -0.25) is 14.4 Å². The van der Waals surface area contributed by atoms with Crippen LogP contribution in [0.2, 0.25) is 0 Å². The van der Waals surface area contributed by atoms with Crippen LogP contribution in [0.25, 0.3) is 21.6 Å². The Morgan fingerprint density at radius 3 is 2.02 bits per heavy atom. The summed E-state index contributed by atoms with van der Waals surface area (Å²) in [5.74, 6) is -0.941. The van der Waals surface area contributed by atoms with Crippen LogP contribution in [0.15, 0.2) is 78.3 Å². The van der Waals surface area contributed by atoms with Gasteiger partial charge in [-0.25, -0.2) is 9.78 Å². The van der Waals surface area contributed by atoms with Gasteiger partial charge in [-0.05, 0) is 55.4 Å². The zero-order chi connectivity index (χ0) is 46.7. The number of amides is 4. The van der Waals surface area contributed by atoms with E-state index in [1.165, 1.54) is 4.90 Å². The van der Waals surface area contributed by atoms with Crippen molar-refractivity contribution in [2.45, 2.75) is 97.7 Å². The van der Waals surface area contributed by atoms with Gasteiger partial charge in [0, 0.05) is 50.7 Å². The molecule has 14 nitrogen and oxygen atoms in total. The predicted octanol–water partition coefficient (Wildman–Crippen LogP) is 7.33. The van der Waals surface area contributed by atoms with Crippen molar-refractivity contribution in [3.63, 3.8) is 0 Å². The number of hydrogen-bond acceptors (Lipinski definition) is 11. The number of likely N-dealkylation sites (tertiary alicyclic amines) is 1. The Bertz CT molecular complexity index is 2190. The number of nitrogens with zero attached hydrogens (tertiary/aromatic N) is 3. The van der Waals surface area contributed by atoms with Gasteiger partial charge in [0.05, 0.1) is 67.4 Å². The lowest BCUT2D eigenvalue weighted by atomic mass is 9.85. The van der Waals surface area contributed by atoms with Crippen molar-refractivity contribution >= 4 is 35.2 Å². The van der Waals surface area contributed by atoms with Gasteiger partial charge in [0.2, 0.25) is 17.7 Å². The molecule has 2 aliphatic rings. The second-order valence-corrected chi connectivity index (χ2v) is 19.4. The summed E-state index contributed by atoms with van der Waals surface area (Å²) in [5.41, 5.74) is 7.79. The first kappa shape index (κ1) is 49.2. The van der Waals surface area contributed by atoms with Gasteiger partial charge in [0.15, 0.2) is 6.10 Å². The lowest BCUT2D eigenvalue weighted by Crippen LogP contribution is -2.57. The van der Waals surface area contributed by atoms with Crippen LogP contribution in [0.5, 0.6) is 0 Å². The van der Waals surface area contributed by atoms with E-state index < -0.39 is 35.3 Å². The quantitative estimate of drug-likeness (QED) is 0.0861. The summed E-state index contributed by atoms with van der Waals surface area (Å²) in [6, 6.07) is 22.3. The number of aromatic nitrogens is 1. The maximum absolute atomic E-state index is 14.3. The molecule has 1 fully saturated rings. The van der Waals surface area contributed by atoms with E-state index in [1.54, 1.807) is 23.3 Å². The number of hydrogen-bond donors (Lipinski definition) is 2. The van der Waals surface area contributed by atoms with Crippen molar-refractivity contribution in [3.8, 4) is 21.6 Å². The van der Waals surface area contributed by atoms with E-state index in [-0.39, 0.29) is 50.0 Å². The van der Waals surface area contributed by atoms with E-state index in [1.807, 2.05) is 127 Å². The van der Waals surface area contributed by atoms with Gasteiger partial charge in [-0.1, -0.05) is 93.6 Å². The summed E-state index contributed by atoms with van der Waals surface area (Å²) >= 11 is 1.59. The minimum absolute atomic E-state index is 0.0414. The van der Waals surface area contributed by atoms with Crippen LogP contribution in [0.3, 0.4) is 0 Å². The molecule has 1 saturated heterocycles. The van der Waals surface area contributed by atoms with E-state index in [9.17, 15) is 19.2 Å². The fourth-order valence-electron chi connectivity index (χ4n) is 8.01. The van der Waals surface area contributed by atoms with Crippen LogP contribution in [-0.2, 0) is 44.6 Å². The normalized spacial score (nSPS) is 16.5. The number of ether oxygens (including phenoxy) is 5. The van der Waals surface area contributed by atoms with E-state index in [4.69, 9.17) is 23.7 Å².